The quantitative estimate of drug-likeness (QED) is 0.877. The molecule has 1 saturated heterocycles. The van der Waals surface area contributed by atoms with E-state index in [0.717, 1.165) is 11.0 Å². The van der Waals surface area contributed by atoms with Gasteiger partial charge in [-0.25, -0.2) is 9.59 Å². The molecule has 1 aliphatic heterocycles. The van der Waals surface area contributed by atoms with Crippen LogP contribution >= 0.6 is 11.6 Å². The summed E-state index contributed by atoms with van der Waals surface area (Å²) in [7, 11) is 1.38. The van der Waals surface area contributed by atoms with Crippen molar-refractivity contribution in [1.82, 2.24) is 14.5 Å². The number of fused-ring (bicyclic) bond motifs is 1. The molecule has 0 radical (unpaired) electrons. The highest BCUT2D eigenvalue weighted by atomic mass is 35.5. The van der Waals surface area contributed by atoms with Crippen LogP contribution in [0.4, 0.5) is 4.79 Å². The number of aromatic nitrogens is 2. The van der Waals surface area contributed by atoms with E-state index in [-0.39, 0.29) is 23.7 Å². The van der Waals surface area contributed by atoms with Crippen LogP contribution in [0.25, 0.3) is 11.0 Å². The van der Waals surface area contributed by atoms with Gasteiger partial charge in [0, 0.05) is 24.2 Å². The SMILES string of the molecule is COC(=O)N1CCC(n2c(=O)[nH]c3cc(Cl)ccc32)C(C)C1. The highest BCUT2D eigenvalue weighted by Crippen LogP contribution is 2.30. The zero-order chi connectivity index (χ0) is 15.9. The maximum Gasteiger partial charge on any atom is 0.409 e. The van der Waals surface area contributed by atoms with Crippen LogP contribution in [-0.4, -0.2) is 40.7 Å². The average Bonchev–Trinajstić information content (AvgIpc) is 2.81. The highest BCUT2D eigenvalue weighted by molar-refractivity contribution is 6.31. The number of imidazole rings is 1. The molecular weight excluding hydrogens is 306 g/mol. The molecule has 1 aromatic heterocycles. The van der Waals surface area contributed by atoms with Gasteiger partial charge in [0.25, 0.3) is 0 Å². The normalized spacial score (nSPS) is 22.0. The second kappa shape index (κ2) is 5.68. The first-order valence-corrected chi connectivity index (χ1v) is 7.61. The second-order valence-corrected chi connectivity index (χ2v) is 6.15. The van der Waals surface area contributed by atoms with E-state index in [1.807, 2.05) is 13.0 Å². The zero-order valence-electron chi connectivity index (χ0n) is 12.5. The Labute approximate surface area is 132 Å². The van der Waals surface area contributed by atoms with E-state index in [1.165, 1.54) is 7.11 Å². The number of amides is 1. The van der Waals surface area contributed by atoms with Crippen LogP contribution in [0.3, 0.4) is 0 Å². The molecule has 7 heteroatoms. The minimum Gasteiger partial charge on any atom is -0.453 e. The lowest BCUT2D eigenvalue weighted by atomic mass is 9.93. The van der Waals surface area contributed by atoms with Crippen molar-refractivity contribution in [2.75, 3.05) is 20.2 Å². The number of aromatic amines is 1. The number of halogens is 1. The number of hydrogen-bond donors (Lipinski definition) is 1. The van der Waals surface area contributed by atoms with Crippen molar-refractivity contribution in [3.8, 4) is 0 Å². The van der Waals surface area contributed by atoms with Crippen LogP contribution in [0.2, 0.25) is 5.02 Å². The van der Waals surface area contributed by atoms with Gasteiger partial charge in [0.2, 0.25) is 0 Å². The lowest BCUT2D eigenvalue weighted by Crippen LogP contribution is -2.44. The molecule has 1 fully saturated rings. The van der Waals surface area contributed by atoms with Gasteiger partial charge in [-0.15, -0.1) is 0 Å². The first kappa shape index (κ1) is 15.0. The van der Waals surface area contributed by atoms with Crippen LogP contribution < -0.4 is 5.69 Å². The first-order chi connectivity index (χ1) is 10.5. The smallest absolute Gasteiger partial charge is 0.409 e. The van der Waals surface area contributed by atoms with Crippen LogP contribution in [-0.2, 0) is 4.74 Å². The van der Waals surface area contributed by atoms with Gasteiger partial charge in [0.15, 0.2) is 0 Å². The number of methoxy groups -OCH3 is 1. The molecule has 0 bridgehead atoms. The highest BCUT2D eigenvalue weighted by Gasteiger charge is 2.31. The Hall–Kier alpha value is -1.95. The monoisotopic (exact) mass is 323 g/mol. The number of hydrogen-bond acceptors (Lipinski definition) is 3. The fourth-order valence-electron chi connectivity index (χ4n) is 3.24. The summed E-state index contributed by atoms with van der Waals surface area (Å²) in [6.07, 6.45) is 0.398. The predicted octanol–water partition coefficient (Wildman–Crippen LogP) is 2.63. The number of nitrogens with zero attached hydrogens (tertiary/aromatic N) is 2. The third-order valence-electron chi connectivity index (χ3n) is 4.30. The fraction of sp³-hybridized carbons (Fsp3) is 0.467. The van der Waals surface area contributed by atoms with E-state index in [9.17, 15) is 9.59 Å². The average molecular weight is 324 g/mol. The molecule has 6 nitrogen and oxygen atoms in total. The molecule has 2 unspecified atom stereocenters. The van der Waals surface area contributed by atoms with Crippen molar-refractivity contribution < 1.29 is 9.53 Å². The Morgan fingerprint density at radius 3 is 2.91 bits per heavy atom. The van der Waals surface area contributed by atoms with E-state index in [0.29, 0.717) is 24.5 Å². The summed E-state index contributed by atoms with van der Waals surface area (Å²) < 4.78 is 6.55. The largest absolute Gasteiger partial charge is 0.453 e. The Kier molecular flexibility index (Phi) is 3.87. The summed E-state index contributed by atoms with van der Waals surface area (Å²) in [6.45, 7) is 3.19. The molecule has 118 valence electrons. The van der Waals surface area contributed by atoms with Crippen LogP contribution in [0.15, 0.2) is 23.0 Å². The van der Waals surface area contributed by atoms with E-state index < -0.39 is 0 Å². The molecule has 1 N–H and O–H groups in total. The molecule has 0 saturated carbocycles. The molecular formula is C15H18ClN3O3. The standard InChI is InChI=1S/C15H18ClN3O3/c1-9-8-18(15(21)22-2)6-5-12(9)19-13-4-3-10(16)7-11(13)17-14(19)20/h3-4,7,9,12H,5-6,8H2,1-2H3,(H,17,20). The molecule has 2 atom stereocenters. The van der Waals surface area contributed by atoms with Crippen molar-refractivity contribution in [1.29, 1.82) is 0 Å². The summed E-state index contributed by atoms with van der Waals surface area (Å²) in [6, 6.07) is 5.43. The molecule has 0 spiro atoms. The van der Waals surface area contributed by atoms with E-state index in [2.05, 4.69) is 4.98 Å². The molecule has 0 aliphatic carbocycles. The van der Waals surface area contributed by atoms with Crippen LogP contribution in [0.5, 0.6) is 0 Å². The Bertz CT molecular complexity index is 767. The minimum absolute atomic E-state index is 0.0448. The summed E-state index contributed by atoms with van der Waals surface area (Å²) >= 11 is 5.98. The number of likely N-dealkylation sites (tertiary alicyclic amines) is 1. The maximum atomic E-state index is 12.3. The van der Waals surface area contributed by atoms with Crippen molar-refractivity contribution in [3.63, 3.8) is 0 Å². The zero-order valence-corrected chi connectivity index (χ0v) is 13.3. The predicted molar refractivity (Wildman–Crippen MR) is 84.4 cm³/mol. The molecule has 3 rings (SSSR count). The number of rotatable bonds is 1. The molecule has 1 aromatic carbocycles. The van der Waals surface area contributed by atoms with Gasteiger partial charge >= 0.3 is 11.8 Å². The number of carbonyl (C=O) groups is 1. The maximum absolute atomic E-state index is 12.3. The summed E-state index contributed by atoms with van der Waals surface area (Å²) in [5, 5.41) is 0.592. The molecule has 22 heavy (non-hydrogen) atoms. The molecule has 2 heterocycles. The first-order valence-electron chi connectivity index (χ1n) is 7.24. The Balaban J connectivity index is 1.94. The van der Waals surface area contributed by atoms with Crippen LogP contribution in [0, 0.1) is 5.92 Å². The number of piperidine rings is 1. The topological polar surface area (TPSA) is 67.3 Å². The van der Waals surface area contributed by atoms with Gasteiger partial charge in [-0.2, -0.15) is 0 Å². The van der Waals surface area contributed by atoms with Gasteiger partial charge in [0.05, 0.1) is 18.1 Å². The third kappa shape index (κ3) is 2.47. The number of carbonyl (C=O) groups excluding carboxylic acids is 1. The van der Waals surface area contributed by atoms with Gasteiger partial charge in [-0.3, -0.25) is 4.57 Å². The summed E-state index contributed by atoms with van der Waals surface area (Å²) in [5.41, 5.74) is 1.44. The Morgan fingerprint density at radius 2 is 2.23 bits per heavy atom. The number of nitrogens with one attached hydrogen (secondary N) is 1. The van der Waals surface area contributed by atoms with Crippen molar-refractivity contribution >= 4 is 28.7 Å². The van der Waals surface area contributed by atoms with Gasteiger partial charge in [-0.05, 0) is 30.5 Å². The molecule has 1 amide bonds. The third-order valence-corrected chi connectivity index (χ3v) is 4.54. The van der Waals surface area contributed by atoms with Crippen molar-refractivity contribution in [2.45, 2.75) is 19.4 Å². The van der Waals surface area contributed by atoms with Crippen molar-refractivity contribution in [2.24, 2.45) is 5.92 Å². The van der Waals surface area contributed by atoms with Gasteiger partial charge in [-0.1, -0.05) is 18.5 Å². The van der Waals surface area contributed by atoms with Gasteiger partial charge < -0.3 is 14.6 Å². The Morgan fingerprint density at radius 1 is 1.45 bits per heavy atom. The van der Waals surface area contributed by atoms with Gasteiger partial charge in [0.1, 0.15) is 0 Å². The summed E-state index contributed by atoms with van der Waals surface area (Å²) in [5.74, 6) is 0.153. The summed E-state index contributed by atoms with van der Waals surface area (Å²) in [4.78, 5) is 28.5. The second-order valence-electron chi connectivity index (χ2n) is 5.71. The van der Waals surface area contributed by atoms with Crippen molar-refractivity contribution in [3.05, 3.63) is 33.7 Å². The van der Waals surface area contributed by atoms with E-state index in [1.54, 1.807) is 21.6 Å². The fourth-order valence-corrected chi connectivity index (χ4v) is 3.42. The number of benzene rings is 1. The number of H-pyrrole nitrogens is 1. The van der Waals surface area contributed by atoms with E-state index >= 15 is 0 Å². The lowest BCUT2D eigenvalue weighted by molar-refractivity contribution is 0.0891. The lowest BCUT2D eigenvalue weighted by Gasteiger charge is -2.36. The molecule has 2 aromatic rings. The minimum atomic E-state index is -0.316. The van der Waals surface area contributed by atoms with E-state index in [4.69, 9.17) is 16.3 Å². The molecule has 1 aliphatic rings. The number of ether oxygens (including phenoxy) is 1. The van der Waals surface area contributed by atoms with Crippen LogP contribution in [0.1, 0.15) is 19.4 Å².